The van der Waals surface area contributed by atoms with Gasteiger partial charge in [-0.25, -0.2) is 9.67 Å². The van der Waals surface area contributed by atoms with Crippen LogP contribution in [0.15, 0.2) is 55.1 Å². The zero-order valence-electron chi connectivity index (χ0n) is 17.3. The van der Waals surface area contributed by atoms with Crippen LogP contribution in [-0.4, -0.2) is 47.3 Å². The Morgan fingerprint density at radius 2 is 2.03 bits per heavy atom. The lowest BCUT2D eigenvalue weighted by atomic mass is 10.1. The molecule has 1 aliphatic heterocycles. The Morgan fingerprint density at radius 3 is 2.77 bits per heavy atom. The summed E-state index contributed by atoms with van der Waals surface area (Å²) in [5.74, 6) is 0.352. The first-order valence-electron chi connectivity index (χ1n) is 9.82. The SMILES string of the molecule is COc1ccc(N2CC(C(=O)Nc3ccccc3Cn3cncn3)CC2=O)c(OC)c1. The van der Waals surface area contributed by atoms with E-state index in [1.54, 1.807) is 41.2 Å². The van der Waals surface area contributed by atoms with E-state index in [0.29, 0.717) is 29.4 Å². The first-order valence-corrected chi connectivity index (χ1v) is 9.82. The fourth-order valence-corrected chi connectivity index (χ4v) is 3.63. The summed E-state index contributed by atoms with van der Waals surface area (Å²) in [7, 11) is 3.10. The van der Waals surface area contributed by atoms with Gasteiger partial charge in [0, 0.05) is 24.7 Å². The van der Waals surface area contributed by atoms with Crippen LogP contribution in [0.2, 0.25) is 0 Å². The van der Waals surface area contributed by atoms with E-state index in [-0.39, 0.29) is 24.8 Å². The third-order valence-electron chi connectivity index (χ3n) is 5.25. The second-order valence-corrected chi connectivity index (χ2v) is 7.18. The van der Waals surface area contributed by atoms with Crippen molar-refractivity contribution in [1.82, 2.24) is 14.8 Å². The van der Waals surface area contributed by atoms with Crippen molar-refractivity contribution >= 4 is 23.2 Å². The highest BCUT2D eigenvalue weighted by atomic mass is 16.5. The number of rotatable bonds is 7. The molecule has 1 fully saturated rings. The molecular formula is C22H23N5O4. The van der Waals surface area contributed by atoms with Crippen molar-refractivity contribution in [2.24, 2.45) is 5.92 Å². The Kier molecular flexibility index (Phi) is 5.83. The minimum absolute atomic E-state index is 0.125. The van der Waals surface area contributed by atoms with Crippen molar-refractivity contribution in [2.75, 3.05) is 31.0 Å². The molecule has 4 rings (SSSR count). The van der Waals surface area contributed by atoms with Crippen LogP contribution in [-0.2, 0) is 16.1 Å². The average molecular weight is 421 g/mol. The van der Waals surface area contributed by atoms with Crippen LogP contribution in [0.1, 0.15) is 12.0 Å². The highest BCUT2D eigenvalue weighted by molar-refractivity contribution is 6.04. The minimum atomic E-state index is -0.473. The van der Waals surface area contributed by atoms with Gasteiger partial charge in [-0.1, -0.05) is 18.2 Å². The van der Waals surface area contributed by atoms with Crippen molar-refractivity contribution in [3.63, 3.8) is 0 Å². The van der Waals surface area contributed by atoms with Crippen LogP contribution < -0.4 is 19.7 Å². The number of benzene rings is 2. The number of hydrogen-bond acceptors (Lipinski definition) is 6. The second-order valence-electron chi connectivity index (χ2n) is 7.18. The van der Waals surface area contributed by atoms with Crippen molar-refractivity contribution < 1.29 is 19.1 Å². The lowest BCUT2D eigenvalue weighted by Gasteiger charge is -2.20. The summed E-state index contributed by atoms with van der Waals surface area (Å²) >= 11 is 0. The molecule has 2 amide bonds. The zero-order valence-corrected chi connectivity index (χ0v) is 17.3. The highest BCUT2D eigenvalue weighted by Crippen LogP contribution is 2.36. The first-order chi connectivity index (χ1) is 15.1. The third-order valence-corrected chi connectivity index (χ3v) is 5.25. The predicted molar refractivity (Wildman–Crippen MR) is 114 cm³/mol. The molecule has 1 saturated heterocycles. The van der Waals surface area contributed by atoms with Crippen LogP contribution in [0.4, 0.5) is 11.4 Å². The van der Waals surface area contributed by atoms with E-state index in [1.807, 2.05) is 24.3 Å². The highest BCUT2D eigenvalue weighted by Gasteiger charge is 2.36. The summed E-state index contributed by atoms with van der Waals surface area (Å²) in [6.45, 7) is 0.758. The van der Waals surface area contributed by atoms with Crippen molar-refractivity contribution in [2.45, 2.75) is 13.0 Å². The van der Waals surface area contributed by atoms with Crippen LogP contribution in [0.25, 0.3) is 0 Å². The summed E-state index contributed by atoms with van der Waals surface area (Å²) < 4.78 is 12.3. The second kappa shape index (κ2) is 8.86. The standard InChI is InChI=1S/C22H23N5O4/c1-30-17-7-8-19(20(10-17)31-2)27-12-16(9-21(27)28)22(29)25-18-6-4-3-5-15(18)11-26-14-23-13-24-26/h3-8,10,13-14,16H,9,11-12H2,1-2H3,(H,25,29). The number of para-hydroxylation sites is 1. The summed E-state index contributed by atoms with van der Waals surface area (Å²) in [4.78, 5) is 31.2. The predicted octanol–water partition coefficient (Wildman–Crippen LogP) is 2.34. The maximum atomic E-state index is 13.0. The molecule has 9 heteroatoms. The maximum absolute atomic E-state index is 13.0. The molecule has 3 aromatic rings. The van der Waals surface area contributed by atoms with Gasteiger partial charge in [0.15, 0.2) is 0 Å². The number of ether oxygens (including phenoxy) is 2. The molecule has 2 aromatic carbocycles. The maximum Gasteiger partial charge on any atom is 0.229 e. The molecule has 1 unspecified atom stereocenters. The molecule has 0 saturated carbocycles. The van der Waals surface area contributed by atoms with Gasteiger partial charge in [0.1, 0.15) is 24.2 Å². The Bertz CT molecular complexity index is 1080. The molecule has 1 atom stereocenters. The molecule has 1 N–H and O–H groups in total. The van der Waals surface area contributed by atoms with Crippen LogP contribution in [0, 0.1) is 5.92 Å². The molecule has 1 aliphatic rings. The lowest BCUT2D eigenvalue weighted by molar-refractivity contribution is -0.122. The number of nitrogens with one attached hydrogen (secondary N) is 1. The molecule has 0 bridgehead atoms. The van der Waals surface area contributed by atoms with E-state index in [2.05, 4.69) is 15.4 Å². The van der Waals surface area contributed by atoms with Gasteiger partial charge in [-0.05, 0) is 23.8 Å². The number of anilines is 2. The Labute approximate surface area is 179 Å². The van der Waals surface area contributed by atoms with E-state index in [0.717, 1.165) is 5.56 Å². The molecule has 160 valence electrons. The van der Waals surface area contributed by atoms with Gasteiger partial charge in [0.05, 0.1) is 32.4 Å². The number of amides is 2. The third kappa shape index (κ3) is 4.35. The van der Waals surface area contributed by atoms with Crippen LogP contribution >= 0.6 is 0 Å². The monoisotopic (exact) mass is 421 g/mol. The van der Waals surface area contributed by atoms with E-state index in [4.69, 9.17) is 9.47 Å². The number of carbonyl (C=O) groups is 2. The molecule has 2 heterocycles. The van der Waals surface area contributed by atoms with Crippen molar-refractivity contribution in [3.8, 4) is 11.5 Å². The average Bonchev–Trinajstić information content (AvgIpc) is 3.44. The zero-order chi connectivity index (χ0) is 21.8. The fourth-order valence-electron chi connectivity index (χ4n) is 3.63. The minimum Gasteiger partial charge on any atom is -0.497 e. The number of nitrogens with zero attached hydrogens (tertiary/aromatic N) is 4. The number of hydrogen-bond donors (Lipinski definition) is 1. The number of methoxy groups -OCH3 is 2. The van der Waals surface area contributed by atoms with Gasteiger partial charge in [-0.15, -0.1) is 0 Å². The van der Waals surface area contributed by atoms with Crippen molar-refractivity contribution in [1.29, 1.82) is 0 Å². The molecule has 9 nitrogen and oxygen atoms in total. The summed E-state index contributed by atoms with van der Waals surface area (Å²) in [5.41, 5.74) is 2.21. The number of aromatic nitrogens is 3. The molecule has 1 aromatic heterocycles. The first kappa shape index (κ1) is 20.4. The van der Waals surface area contributed by atoms with E-state index in [9.17, 15) is 9.59 Å². The Hall–Kier alpha value is -3.88. The lowest BCUT2D eigenvalue weighted by Crippen LogP contribution is -2.28. The Morgan fingerprint density at radius 1 is 1.19 bits per heavy atom. The van der Waals surface area contributed by atoms with E-state index in [1.165, 1.54) is 13.4 Å². The topological polar surface area (TPSA) is 98.6 Å². The Balaban J connectivity index is 1.49. The van der Waals surface area contributed by atoms with E-state index >= 15 is 0 Å². The number of carbonyl (C=O) groups excluding carboxylic acids is 2. The van der Waals surface area contributed by atoms with Gasteiger partial charge in [-0.3, -0.25) is 9.59 Å². The molecule has 0 aliphatic carbocycles. The van der Waals surface area contributed by atoms with Crippen LogP contribution in [0.3, 0.4) is 0 Å². The largest absolute Gasteiger partial charge is 0.497 e. The quantitative estimate of drug-likeness (QED) is 0.629. The van der Waals surface area contributed by atoms with Gasteiger partial charge in [0.25, 0.3) is 0 Å². The van der Waals surface area contributed by atoms with Gasteiger partial charge in [0.2, 0.25) is 11.8 Å². The molecule has 0 spiro atoms. The molecule has 0 radical (unpaired) electrons. The van der Waals surface area contributed by atoms with E-state index < -0.39 is 5.92 Å². The van der Waals surface area contributed by atoms with Crippen LogP contribution in [0.5, 0.6) is 11.5 Å². The summed E-state index contributed by atoms with van der Waals surface area (Å²) in [5, 5.41) is 7.09. The summed E-state index contributed by atoms with van der Waals surface area (Å²) in [6.07, 6.45) is 3.22. The molecular weight excluding hydrogens is 398 g/mol. The van der Waals surface area contributed by atoms with Gasteiger partial charge < -0.3 is 19.7 Å². The smallest absolute Gasteiger partial charge is 0.229 e. The van der Waals surface area contributed by atoms with Gasteiger partial charge in [-0.2, -0.15) is 5.10 Å². The van der Waals surface area contributed by atoms with Crippen molar-refractivity contribution in [3.05, 3.63) is 60.7 Å². The fraction of sp³-hybridized carbons (Fsp3) is 0.273. The molecule has 31 heavy (non-hydrogen) atoms. The summed E-state index contributed by atoms with van der Waals surface area (Å²) in [6, 6.07) is 12.8. The van der Waals surface area contributed by atoms with Gasteiger partial charge >= 0.3 is 0 Å². The normalized spacial score (nSPS) is 15.7.